The van der Waals surface area contributed by atoms with Crippen molar-refractivity contribution in [2.75, 3.05) is 0 Å². The molecule has 3 heteroatoms. The number of hydrogen-bond acceptors (Lipinski definition) is 0. The van der Waals surface area contributed by atoms with E-state index in [0.717, 1.165) is 0 Å². The summed E-state index contributed by atoms with van der Waals surface area (Å²) in [5.74, 6) is 0. The molecule has 0 aliphatic rings. The molecule has 0 aliphatic carbocycles. The quantitative estimate of drug-likeness (QED) is 0.643. The van der Waals surface area contributed by atoms with Gasteiger partial charge in [0, 0.05) is 0 Å². The largest absolute Gasteiger partial charge is 0.214 e. The molecule has 0 aliphatic heterocycles. The Labute approximate surface area is 65.0 Å². The van der Waals surface area contributed by atoms with Gasteiger partial charge in [-0.25, -0.2) is 12.1 Å². The molecule has 48 valence electrons. The van der Waals surface area contributed by atoms with Crippen molar-refractivity contribution in [1.29, 1.82) is 0 Å². The van der Waals surface area contributed by atoms with Gasteiger partial charge < -0.3 is 0 Å². The van der Waals surface area contributed by atoms with Crippen molar-refractivity contribution in [3.05, 3.63) is 30.3 Å². The van der Waals surface area contributed by atoms with Crippen molar-refractivity contribution < 1.29 is 15.4 Å². The van der Waals surface area contributed by atoms with Crippen LogP contribution in [0.15, 0.2) is 30.3 Å². The molecule has 8 heavy (non-hydrogen) atoms. The summed E-state index contributed by atoms with van der Waals surface area (Å²) in [5, 5.41) is 0. The predicted octanol–water partition coefficient (Wildman–Crippen LogP) is 2.78. The SMILES string of the molecule is [Cl][Os][Cl].c1cc[cH-]c1. The van der Waals surface area contributed by atoms with E-state index in [0.29, 0.717) is 0 Å². The summed E-state index contributed by atoms with van der Waals surface area (Å²) < 4.78 is 0. The van der Waals surface area contributed by atoms with Crippen LogP contribution in [-0.4, -0.2) is 0 Å². The molecular weight excluding hydrogens is 321 g/mol. The molecule has 0 amide bonds. The van der Waals surface area contributed by atoms with Gasteiger partial charge in [0.1, 0.15) is 0 Å². The fraction of sp³-hybridized carbons (Fsp3) is 0. The maximum absolute atomic E-state index is 4.90. The van der Waals surface area contributed by atoms with E-state index >= 15 is 0 Å². The molecule has 0 heterocycles. The molecule has 0 nitrogen and oxygen atoms in total. The Kier molecular flexibility index (Phi) is 8.10. The van der Waals surface area contributed by atoms with Crippen molar-refractivity contribution in [3.63, 3.8) is 0 Å². The molecule has 0 saturated carbocycles. The molecule has 1 aromatic rings. The van der Waals surface area contributed by atoms with Crippen LogP contribution in [0.1, 0.15) is 0 Å². The van der Waals surface area contributed by atoms with Crippen LogP contribution in [0.25, 0.3) is 0 Å². The van der Waals surface area contributed by atoms with Gasteiger partial charge in [-0.05, 0) is 0 Å². The fourth-order valence-corrected chi connectivity index (χ4v) is 0.321. The first-order valence-corrected chi connectivity index (χ1v) is 8.23. The third kappa shape index (κ3) is 6.57. The Bertz CT molecular complexity index is 77.3. The summed E-state index contributed by atoms with van der Waals surface area (Å²) in [7, 11) is 9.81. The van der Waals surface area contributed by atoms with Gasteiger partial charge in [0.15, 0.2) is 0 Å². The van der Waals surface area contributed by atoms with Crippen molar-refractivity contribution in [1.82, 2.24) is 0 Å². The maximum atomic E-state index is 4.90. The standard InChI is InChI=1S/C5H5.2ClH.Os/c1-2-4-5-3-1;;;/h1-5H;2*1H;/q-1;;;+2/p-2. The number of hydrogen-bond donors (Lipinski definition) is 0. The van der Waals surface area contributed by atoms with Crippen LogP contribution < -0.4 is 0 Å². The molecule has 0 radical (unpaired) electrons. The van der Waals surface area contributed by atoms with E-state index in [1.807, 2.05) is 30.3 Å². The molecule has 0 saturated heterocycles. The minimum absolute atomic E-state index is 0.639. The van der Waals surface area contributed by atoms with Crippen LogP contribution in [0.5, 0.6) is 0 Å². The molecule has 0 spiro atoms. The first kappa shape index (κ1) is 8.57. The molecule has 0 unspecified atom stereocenters. The van der Waals surface area contributed by atoms with E-state index in [1.165, 1.54) is 0 Å². The summed E-state index contributed by atoms with van der Waals surface area (Å²) in [4.78, 5) is 0. The predicted molar refractivity (Wildman–Crippen MR) is 33.7 cm³/mol. The zero-order valence-electron chi connectivity index (χ0n) is 4.00. The average Bonchev–Trinajstić information content (AvgIpc) is 2.17. The molecule has 0 atom stereocenters. The second-order valence-corrected chi connectivity index (χ2v) is 4.68. The van der Waals surface area contributed by atoms with Crippen LogP contribution in [0.2, 0.25) is 0 Å². The van der Waals surface area contributed by atoms with E-state index < -0.39 is 15.4 Å². The van der Waals surface area contributed by atoms with E-state index in [1.54, 1.807) is 0 Å². The Morgan fingerprint density at radius 3 is 1.62 bits per heavy atom. The Morgan fingerprint density at radius 1 is 1.12 bits per heavy atom. The molecule has 1 rings (SSSR count). The molecule has 0 N–H and O–H groups in total. The first-order valence-electron chi connectivity index (χ1n) is 1.93. The zero-order valence-corrected chi connectivity index (χ0v) is 8.05. The Morgan fingerprint density at radius 2 is 1.50 bits per heavy atom. The summed E-state index contributed by atoms with van der Waals surface area (Å²) in [6.07, 6.45) is 0. The van der Waals surface area contributed by atoms with Gasteiger partial charge in [-0.1, -0.05) is 0 Å². The average molecular weight is 326 g/mol. The van der Waals surface area contributed by atoms with Gasteiger partial charge in [0.2, 0.25) is 0 Å². The van der Waals surface area contributed by atoms with Gasteiger partial charge in [-0.15, -0.1) is 0 Å². The summed E-state index contributed by atoms with van der Waals surface area (Å²) in [6.45, 7) is 0. The van der Waals surface area contributed by atoms with Gasteiger partial charge in [-0.3, -0.25) is 0 Å². The topological polar surface area (TPSA) is 0 Å². The normalized spacial score (nSPS) is 7.75. The van der Waals surface area contributed by atoms with Gasteiger partial charge in [0.05, 0.1) is 0 Å². The Hall–Kier alpha value is 0.566. The Balaban J connectivity index is 0.000000145. The monoisotopic (exact) mass is 327 g/mol. The van der Waals surface area contributed by atoms with Gasteiger partial charge in [-0.2, -0.15) is 18.2 Å². The first-order chi connectivity index (χ1) is 3.91. The number of halogens is 2. The maximum Gasteiger partial charge on any atom is -0.172 e. The summed E-state index contributed by atoms with van der Waals surface area (Å²) in [5.41, 5.74) is 0. The molecule has 0 fully saturated rings. The van der Waals surface area contributed by atoms with E-state index in [4.69, 9.17) is 19.3 Å². The molecule has 0 aromatic heterocycles. The second-order valence-electron chi connectivity index (χ2n) is 1.01. The van der Waals surface area contributed by atoms with E-state index in [2.05, 4.69) is 0 Å². The smallest absolute Gasteiger partial charge is 0.172 e. The van der Waals surface area contributed by atoms with Crippen molar-refractivity contribution in [2.24, 2.45) is 0 Å². The third-order valence-corrected chi connectivity index (χ3v) is 0.556. The van der Waals surface area contributed by atoms with Gasteiger partial charge in [0.25, 0.3) is 0 Å². The van der Waals surface area contributed by atoms with Crippen LogP contribution in [-0.2, 0) is 15.4 Å². The fourth-order valence-electron chi connectivity index (χ4n) is 0.321. The van der Waals surface area contributed by atoms with E-state index in [9.17, 15) is 0 Å². The molecule has 0 bridgehead atoms. The summed E-state index contributed by atoms with van der Waals surface area (Å²) in [6, 6.07) is 10.0. The zero-order chi connectivity index (χ0) is 6.24. The second kappa shape index (κ2) is 7.57. The van der Waals surface area contributed by atoms with Crippen LogP contribution in [0, 0.1) is 0 Å². The van der Waals surface area contributed by atoms with Crippen LogP contribution in [0.4, 0.5) is 0 Å². The summed E-state index contributed by atoms with van der Waals surface area (Å²) >= 11 is -0.639. The van der Waals surface area contributed by atoms with Crippen molar-refractivity contribution >= 4 is 19.3 Å². The van der Waals surface area contributed by atoms with Gasteiger partial charge >= 0.3 is 34.7 Å². The molecular formula is C5H5Cl2Os-. The van der Waals surface area contributed by atoms with Crippen molar-refractivity contribution in [2.45, 2.75) is 0 Å². The minimum atomic E-state index is -0.639. The van der Waals surface area contributed by atoms with Crippen LogP contribution >= 0.6 is 19.3 Å². The minimum Gasteiger partial charge on any atom is -0.214 e. The van der Waals surface area contributed by atoms with Crippen molar-refractivity contribution in [3.8, 4) is 0 Å². The third-order valence-electron chi connectivity index (χ3n) is 0.556. The van der Waals surface area contributed by atoms with E-state index in [-0.39, 0.29) is 0 Å². The van der Waals surface area contributed by atoms with Crippen LogP contribution in [0.3, 0.4) is 0 Å². The number of rotatable bonds is 0. The molecule has 1 aromatic carbocycles.